The smallest absolute Gasteiger partial charge is 0.307 e. The van der Waals surface area contributed by atoms with E-state index in [1.807, 2.05) is 20.8 Å². The number of ether oxygens (including phenoxy) is 1. The minimum atomic E-state index is -0.956. The number of carbonyl (C=O) groups excluding carboxylic acids is 1. The van der Waals surface area contributed by atoms with E-state index < -0.39 is 11.8 Å². The maximum Gasteiger partial charge on any atom is 0.307 e. The number of carbonyl (C=O) groups is 2. The van der Waals surface area contributed by atoms with Crippen LogP contribution in [0.2, 0.25) is 5.02 Å². The van der Waals surface area contributed by atoms with E-state index in [1.54, 1.807) is 29.2 Å². The molecule has 1 amide bonds. The van der Waals surface area contributed by atoms with Gasteiger partial charge in [-0.3, -0.25) is 9.59 Å². The molecule has 5 rings (SSSR count). The highest BCUT2D eigenvalue weighted by molar-refractivity contribution is 6.31. The summed E-state index contributed by atoms with van der Waals surface area (Å²) in [6, 6.07) is 8.33. The molecule has 1 N–H and O–H groups in total. The van der Waals surface area contributed by atoms with Gasteiger partial charge in [0, 0.05) is 29.2 Å². The SMILES string of the molecule is Cc1c(-c2c(C)c3c(c(C)c2CC(=O)O)CN(C(=O)c2cccc(Cl)c2)C3)cc(F)c2c1CCCO2. The average Bonchev–Trinajstić information content (AvgIpc) is 3.31. The van der Waals surface area contributed by atoms with Crippen molar-refractivity contribution in [2.45, 2.75) is 53.1 Å². The fourth-order valence-corrected chi connectivity index (χ4v) is 5.86. The second-order valence-corrected chi connectivity index (χ2v) is 10.0. The maximum atomic E-state index is 15.2. The standard InChI is InChI=1S/C29H27ClFNO4/c1-15-20-8-5-9-36-28(20)25(31)11-21(15)27-17(3)24-14-32(29(35)18-6-4-7-19(30)10-18)13-23(24)16(2)22(27)12-26(33)34/h4,6-7,10-11H,5,8-9,12-14H2,1-3H3,(H,33,34). The first-order valence-electron chi connectivity index (χ1n) is 12.0. The van der Waals surface area contributed by atoms with Crippen LogP contribution in [0, 0.1) is 26.6 Å². The van der Waals surface area contributed by atoms with E-state index in [9.17, 15) is 14.7 Å². The first kappa shape index (κ1) is 24.3. The highest BCUT2D eigenvalue weighted by Gasteiger charge is 2.32. The van der Waals surface area contributed by atoms with Crippen LogP contribution in [-0.2, 0) is 30.7 Å². The van der Waals surface area contributed by atoms with Gasteiger partial charge in [0.05, 0.1) is 13.0 Å². The lowest BCUT2D eigenvalue weighted by molar-refractivity contribution is -0.136. The average molecular weight is 508 g/mol. The molecule has 2 aliphatic rings. The van der Waals surface area contributed by atoms with Gasteiger partial charge in [-0.2, -0.15) is 0 Å². The molecule has 3 aromatic rings. The quantitative estimate of drug-likeness (QED) is 0.458. The lowest BCUT2D eigenvalue weighted by Crippen LogP contribution is -2.25. The van der Waals surface area contributed by atoms with Crippen LogP contribution in [0.15, 0.2) is 30.3 Å². The number of carboxylic acid groups (broad SMARTS) is 1. The lowest BCUT2D eigenvalue weighted by Gasteiger charge is -2.25. The van der Waals surface area contributed by atoms with Gasteiger partial charge in [-0.25, -0.2) is 4.39 Å². The third kappa shape index (κ3) is 4.03. The Morgan fingerprint density at radius 3 is 2.47 bits per heavy atom. The Morgan fingerprint density at radius 1 is 1.06 bits per heavy atom. The summed E-state index contributed by atoms with van der Waals surface area (Å²) >= 11 is 6.11. The Morgan fingerprint density at radius 2 is 1.78 bits per heavy atom. The van der Waals surface area contributed by atoms with Crippen molar-refractivity contribution in [3.8, 4) is 16.9 Å². The topological polar surface area (TPSA) is 66.8 Å². The zero-order valence-electron chi connectivity index (χ0n) is 20.5. The largest absolute Gasteiger partial charge is 0.490 e. The molecule has 7 heteroatoms. The molecule has 0 unspecified atom stereocenters. The molecule has 0 saturated carbocycles. The number of rotatable bonds is 4. The normalized spacial score (nSPS) is 14.3. The summed E-state index contributed by atoms with van der Waals surface area (Å²) in [4.78, 5) is 26.9. The molecule has 5 nitrogen and oxygen atoms in total. The molecule has 0 aromatic heterocycles. The van der Waals surface area contributed by atoms with Crippen molar-refractivity contribution >= 4 is 23.5 Å². The molecule has 0 fully saturated rings. The summed E-state index contributed by atoms with van der Waals surface area (Å²) in [6.07, 6.45) is 1.33. The third-order valence-corrected chi connectivity index (χ3v) is 7.72. The summed E-state index contributed by atoms with van der Waals surface area (Å²) < 4.78 is 20.8. The van der Waals surface area contributed by atoms with Crippen molar-refractivity contribution in [1.82, 2.24) is 4.90 Å². The predicted molar refractivity (Wildman–Crippen MR) is 136 cm³/mol. The van der Waals surface area contributed by atoms with Gasteiger partial charge < -0.3 is 14.7 Å². The Balaban J connectivity index is 1.66. The van der Waals surface area contributed by atoms with Crippen molar-refractivity contribution in [2.24, 2.45) is 0 Å². The molecule has 0 bridgehead atoms. The highest BCUT2D eigenvalue weighted by atomic mass is 35.5. The number of amides is 1. The van der Waals surface area contributed by atoms with Crippen molar-refractivity contribution in [3.63, 3.8) is 0 Å². The molecule has 0 atom stereocenters. The number of aliphatic carboxylic acids is 1. The number of hydrogen-bond donors (Lipinski definition) is 1. The highest BCUT2D eigenvalue weighted by Crippen LogP contribution is 2.44. The summed E-state index contributed by atoms with van der Waals surface area (Å²) in [5.74, 6) is -1.22. The molecule has 0 radical (unpaired) electrons. The molecule has 2 aliphatic heterocycles. The van der Waals surface area contributed by atoms with Crippen LogP contribution in [0.3, 0.4) is 0 Å². The van der Waals surface area contributed by atoms with Crippen LogP contribution < -0.4 is 4.74 Å². The predicted octanol–water partition coefficient (Wildman–Crippen LogP) is 6.18. The van der Waals surface area contributed by atoms with Gasteiger partial charge >= 0.3 is 5.97 Å². The molecule has 0 aliphatic carbocycles. The second-order valence-electron chi connectivity index (χ2n) is 9.59. The molecule has 186 valence electrons. The van der Waals surface area contributed by atoms with Crippen molar-refractivity contribution in [2.75, 3.05) is 6.61 Å². The number of fused-ring (bicyclic) bond motifs is 2. The Kier molecular flexibility index (Phi) is 6.25. The van der Waals surface area contributed by atoms with E-state index in [-0.39, 0.29) is 12.3 Å². The van der Waals surface area contributed by atoms with Gasteiger partial charge in [0.1, 0.15) is 0 Å². The van der Waals surface area contributed by atoms with Crippen LogP contribution in [0.5, 0.6) is 5.75 Å². The minimum absolute atomic E-state index is 0.137. The number of benzene rings is 3. The van der Waals surface area contributed by atoms with Crippen LogP contribution in [-0.4, -0.2) is 28.5 Å². The van der Waals surface area contributed by atoms with Crippen molar-refractivity contribution in [3.05, 3.63) is 85.7 Å². The molecule has 0 saturated heterocycles. The summed E-state index contributed by atoms with van der Waals surface area (Å²) in [5.41, 5.74) is 8.02. The molecular formula is C29H27ClFNO4. The van der Waals surface area contributed by atoms with Crippen LogP contribution >= 0.6 is 11.6 Å². The van der Waals surface area contributed by atoms with Gasteiger partial charge in [-0.1, -0.05) is 17.7 Å². The van der Waals surface area contributed by atoms with Crippen molar-refractivity contribution in [1.29, 1.82) is 0 Å². The fourth-order valence-electron chi connectivity index (χ4n) is 5.67. The van der Waals surface area contributed by atoms with Gasteiger partial charge in [0.25, 0.3) is 5.91 Å². The van der Waals surface area contributed by atoms with Gasteiger partial charge in [0.2, 0.25) is 0 Å². The Labute approximate surface area is 214 Å². The monoisotopic (exact) mass is 507 g/mol. The van der Waals surface area contributed by atoms with Crippen LogP contribution in [0.1, 0.15) is 55.7 Å². The molecule has 36 heavy (non-hydrogen) atoms. The molecule has 2 heterocycles. The molecule has 3 aromatic carbocycles. The Hall–Kier alpha value is -3.38. The van der Waals surface area contributed by atoms with E-state index >= 15 is 4.39 Å². The first-order valence-corrected chi connectivity index (χ1v) is 12.4. The van der Waals surface area contributed by atoms with E-state index in [1.165, 1.54) is 6.07 Å². The first-order chi connectivity index (χ1) is 17.2. The minimum Gasteiger partial charge on any atom is -0.490 e. The zero-order chi connectivity index (χ0) is 25.7. The fraction of sp³-hybridized carbons (Fsp3) is 0.310. The van der Waals surface area contributed by atoms with E-state index in [2.05, 4.69) is 0 Å². The summed E-state index contributed by atoms with van der Waals surface area (Å²) in [5, 5.41) is 10.3. The number of hydrogen-bond acceptors (Lipinski definition) is 3. The second kappa shape index (κ2) is 9.25. The number of carboxylic acids is 1. The van der Waals surface area contributed by atoms with E-state index in [0.29, 0.717) is 53.6 Å². The summed E-state index contributed by atoms with van der Waals surface area (Å²) in [7, 11) is 0. The number of halogens is 2. The van der Waals surface area contributed by atoms with Crippen LogP contribution in [0.4, 0.5) is 4.39 Å². The van der Waals surface area contributed by atoms with E-state index in [0.717, 1.165) is 45.4 Å². The Bertz CT molecular complexity index is 1430. The van der Waals surface area contributed by atoms with Gasteiger partial charge in [0.15, 0.2) is 11.6 Å². The molecular weight excluding hydrogens is 481 g/mol. The van der Waals surface area contributed by atoms with Gasteiger partial charge in [-0.05, 0) is 102 Å². The lowest BCUT2D eigenvalue weighted by atomic mass is 9.81. The van der Waals surface area contributed by atoms with Crippen LogP contribution in [0.25, 0.3) is 11.1 Å². The molecule has 0 spiro atoms. The zero-order valence-corrected chi connectivity index (χ0v) is 21.3. The van der Waals surface area contributed by atoms with Gasteiger partial charge in [-0.15, -0.1) is 0 Å². The maximum absolute atomic E-state index is 15.2. The van der Waals surface area contributed by atoms with E-state index in [4.69, 9.17) is 16.3 Å². The van der Waals surface area contributed by atoms with Crippen molar-refractivity contribution < 1.29 is 23.8 Å². The third-order valence-electron chi connectivity index (χ3n) is 7.49. The summed E-state index contributed by atoms with van der Waals surface area (Å²) in [6.45, 7) is 7.05. The number of nitrogens with zero attached hydrogens (tertiary/aromatic N) is 1.